The number of aliphatic imine (C=N–C) groups is 1. The van der Waals surface area contributed by atoms with Gasteiger partial charge in [0.05, 0.1) is 13.1 Å². The quantitative estimate of drug-likeness (QED) is 0.324. The molecule has 1 aromatic rings. The van der Waals surface area contributed by atoms with Crippen LogP contribution in [0.2, 0.25) is 0 Å². The summed E-state index contributed by atoms with van der Waals surface area (Å²) in [6.07, 6.45) is 5.03. The van der Waals surface area contributed by atoms with Crippen molar-refractivity contribution in [2.75, 3.05) is 32.5 Å². The largest absolute Gasteiger partial charge is 0.357 e. The van der Waals surface area contributed by atoms with Gasteiger partial charge < -0.3 is 20.9 Å². The van der Waals surface area contributed by atoms with E-state index < -0.39 is 0 Å². The van der Waals surface area contributed by atoms with Crippen LogP contribution in [0.1, 0.15) is 38.2 Å². The second-order valence-electron chi connectivity index (χ2n) is 6.81. The third-order valence-corrected chi connectivity index (χ3v) is 4.13. The molecule has 0 heterocycles. The van der Waals surface area contributed by atoms with E-state index in [1.165, 1.54) is 25.7 Å². The molecule has 1 saturated carbocycles. The van der Waals surface area contributed by atoms with Gasteiger partial charge in [-0.1, -0.05) is 25.0 Å². The summed E-state index contributed by atoms with van der Waals surface area (Å²) >= 11 is 0. The van der Waals surface area contributed by atoms with Gasteiger partial charge in [-0.05, 0) is 51.6 Å². The van der Waals surface area contributed by atoms with E-state index in [0.29, 0.717) is 19.1 Å². The van der Waals surface area contributed by atoms with Crippen molar-refractivity contribution in [1.82, 2.24) is 15.5 Å². The number of halogens is 1. The van der Waals surface area contributed by atoms with E-state index >= 15 is 0 Å². The second kappa shape index (κ2) is 12.1. The molecule has 0 unspecified atom stereocenters. The van der Waals surface area contributed by atoms with Crippen molar-refractivity contribution >= 4 is 41.5 Å². The van der Waals surface area contributed by atoms with Gasteiger partial charge in [-0.2, -0.15) is 0 Å². The van der Waals surface area contributed by atoms with Crippen molar-refractivity contribution in [3.05, 3.63) is 29.8 Å². The van der Waals surface area contributed by atoms with E-state index in [4.69, 9.17) is 0 Å². The van der Waals surface area contributed by atoms with Crippen molar-refractivity contribution in [2.45, 2.75) is 45.2 Å². The first-order valence-electron chi connectivity index (χ1n) is 9.15. The molecule has 146 valence electrons. The van der Waals surface area contributed by atoms with Gasteiger partial charge in [-0.25, -0.2) is 4.99 Å². The van der Waals surface area contributed by atoms with Gasteiger partial charge in [0.25, 0.3) is 0 Å². The number of carbonyl (C=O) groups is 1. The number of hydrogen-bond donors (Lipinski definition) is 3. The molecule has 0 spiro atoms. The van der Waals surface area contributed by atoms with Gasteiger partial charge in [0, 0.05) is 18.3 Å². The number of nitrogens with one attached hydrogen (secondary N) is 3. The number of anilines is 1. The minimum atomic E-state index is -0.0121. The third-order valence-electron chi connectivity index (χ3n) is 4.13. The van der Waals surface area contributed by atoms with E-state index in [1.807, 2.05) is 43.3 Å². The van der Waals surface area contributed by atoms with Crippen molar-refractivity contribution in [3.8, 4) is 0 Å². The summed E-state index contributed by atoms with van der Waals surface area (Å²) in [5.74, 6) is 0.860. The van der Waals surface area contributed by atoms with E-state index in [1.54, 1.807) is 0 Å². The Morgan fingerprint density at radius 2 is 2.00 bits per heavy atom. The number of carbonyl (C=O) groups excluding carboxylic acids is 1. The van der Waals surface area contributed by atoms with Crippen LogP contribution in [0.25, 0.3) is 0 Å². The maximum atomic E-state index is 11.9. The summed E-state index contributed by atoms with van der Waals surface area (Å²) in [6.45, 7) is 3.88. The topological polar surface area (TPSA) is 68.8 Å². The highest BCUT2D eigenvalue weighted by molar-refractivity contribution is 14.0. The van der Waals surface area contributed by atoms with E-state index in [9.17, 15) is 4.79 Å². The van der Waals surface area contributed by atoms with Crippen molar-refractivity contribution in [3.63, 3.8) is 0 Å². The van der Waals surface area contributed by atoms with Crippen LogP contribution in [0.15, 0.2) is 29.3 Å². The standard InChI is InChI=1S/C19H31N5O.HI/c1-4-20-19(23-16-9-5-6-10-16)21-13-15-8-7-11-17(12-15)22-18(25)14-24(2)3;/h7-8,11-12,16H,4-6,9-10,13-14H2,1-3H3,(H,22,25)(H2,20,21,23);1H. The number of nitrogens with zero attached hydrogens (tertiary/aromatic N) is 2. The van der Waals surface area contributed by atoms with E-state index in [-0.39, 0.29) is 29.9 Å². The van der Waals surface area contributed by atoms with Gasteiger partial charge in [-0.15, -0.1) is 24.0 Å². The molecular weight excluding hydrogens is 441 g/mol. The Labute approximate surface area is 174 Å². The number of benzene rings is 1. The first-order chi connectivity index (χ1) is 12.1. The second-order valence-corrected chi connectivity index (χ2v) is 6.81. The summed E-state index contributed by atoms with van der Waals surface area (Å²) < 4.78 is 0. The molecule has 0 radical (unpaired) electrons. The first kappa shape index (κ1) is 22.7. The summed E-state index contributed by atoms with van der Waals surface area (Å²) in [7, 11) is 3.76. The average molecular weight is 473 g/mol. The zero-order valence-corrected chi connectivity index (χ0v) is 18.4. The van der Waals surface area contributed by atoms with Crippen LogP contribution in [0.4, 0.5) is 5.69 Å². The maximum absolute atomic E-state index is 11.9. The molecular formula is C19H32IN5O. The lowest BCUT2D eigenvalue weighted by atomic mass is 10.2. The molecule has 0 saturated heterocycles. The van der Waals surface area contributed by atoms with E-state index in [0.717, 1.165) is 23.8 Å². The molecule has 0 atom stereocenters. The number of likely N-dealkylation sites (N-methyl/N-ethyl adjacent to an activating group) is 1. The molecule has 26 heavy (non-hydrogen) atoms. The van der Waals surface area contributed by atoms with Crippen LogP contribution in [-0.4, -0.2) is 50.0 Å². The van der Waals surface area contributed by atoms with Crippen LogP contribution in [0.3, 0.4) is 0 Å². The minimum absolute atomic E-state index is 0. The predicted molar refractivity (Wildman–Crippen MR) is 119 cm³/mol. The molecule has 0 aromatic heterocycles. The molecule has 3 N–H and O–H groups in total. The van der Waals surface area contributed by atoms with Crippen molar-refractivity contribution < 1.29 is 4.79 Å². The molecule has 1 amide bonds. The van der Waals surface area contributed by atoms with Crippen LogP contribution in [0.5, 0.6) is 0 Å². The normalized spacial score (nSPS) is 14.8. The fraction of sp³-hybridized carbons (Fsp3) is 0.579. The minimum Gasteiger partial charge on any atom is -0.357 e. The highest BCUT2D eigenvalue weighted by Gasteiger charge is 2.15. The summed E-state index contributed by atoms with van der Waals surface area (Å²) in [4.78, 5) is 18.4. The van der Waals surface area contributed by atoms with Crippen LogP contribution < -0.4 is 16.0 Å². The Kier molecular flexibility index (Phi) is 10.6. The van der Waals surface area contributed by atoms with Gasteiger partial charge >= 0.3 is 0 Å². The molecule has 0 bridgehead atoms. The van der Waals surface area contributed by atoms with Gasteiger partial charge in [0.15, 0.2) is 5.96 Å². The monoisotopic (exact) mass is 473 g/mol. The predicted octanol–water partition coefficient (Wildman–Crippen LogP) is 2.80. The Morgan fingerprint density at radius 1 is 1.27 bits per heavy atom. The Balaban J connectivity index is 0.00000338. The van der Waals surface area contributed by atoms with Crippen LogP contribution in [0, 0.1) is 0 Å². The SMILES string of the molecule is CCNC(=NCc1cccc(NC(=O)CN(C)C)c1)NC1CCCC1.I. The van der Waals surface area contributed by atoms with Gasteiger partial charge in [0.1, 0.15) is 0 Å². The number of rotatable bonds is 7. The maximum Gasteiger partial charge on any atom is 0.238 e. The zero-order chi connectivity index (χ0) is 18.1. The number of amides is 1. The molecule has 2 rings (SSSR count). The average Bonchev–Trinajstić information content (AvgIpc) is 3.05. The fourth-order valence-electron chi connectivity index (χ4n) is 2.99. The Hall–Kier alpha value is -1.35. The van der Waals surface area contributed by atoms with Gasteiger partial charge in [0.2, 0.25) is 5.91 Å². The van der Waals surface area contributed by atoms with Crippen LogP contribution in [-0.2, 0) is 11.3 Å². The molecule has 7 heteroatoms. The molecule has 1 aliphatic carbocycles. The zero-order valence-electron chi connectivity index (χ0n) is 16.0. The van der Waals surface area contributed by atoms with Crippen molar-refractivity contribution in [2.24, 2.45) is 4.99 Å². The highest BCUT2D eigenvalue weighted by Crippen LogP contribution is 2.17. The Morgan fingerprint density at radius 3 is 2.65 bits per heavy atom. The lowest BCUT2D eigenvalue weighted by Gasteiger charge is -2.16. The van der Waals surface area contributed by atoms with E-state index in [2.05, 4.69) is 27.9 Å². The number of hydrogen-bond acceptors (Lipinski definition) is 3. The lowest BCUT2D eigenvalue weighted by molar-refractivity contribution is -0.116. The first-order valence-corrected chi connectivity index (χ1v) is 9.15. The molecule has 1 fully saturated rings. The summed E-state index contributed by atoms with van der Waals surface area (Å²) in [5, 5.41) is 9.76. The van der Waals surface area contributed by atoms with Gasteiger partial charge in [-0.3, -0.25) is 4.79 Å². The molecule has 6 nitrogen and oxygen atoms in total. The molecule has 1 aliphatic rings. The summed E-state index contributed by atoms with van der Waals surface area (Å²) in [5.41, 5.74) is 1.89. The fourth-order valence-corrected chi connectivity index (χ4v) is 2.99. The smallest absolute Gasteiger partial charge is 0.238 e. The summed E-state index contributed by atoms with van der Waals surface area (Å²) in [6, 6.07) is 8.41. The third kappa shape index (κ3) is 8.35. The lowest BCUT2D eigenvalue weighted by Crippen LogP contribution is -2.42. The van der Waals surface area contributed by atoms with Crippen molar-refractivity contribution in [1.29, 1.82) is 0 Å². The number of guanidine groups is 1. The van der Waals surface area contributed by atoms with Crippen LogP contribution >= 0.6 is 24.0 Å². The Bertz CT molecular complexity index is 585. The molecule has 0 aliphatic heterocycles. The molecule has 1 aromatic carbocycles. The highest BCUT2D eigenvalue weighted by atomic mass is 127.